The lowest BCUT2D eigenvalue weighted by molar-refractivity contribution is 0.102. The highest BCUT2D eigenvalue weighted by molar-refractivity contribution is 7.12. The second-order valence-electron chi connectivity index (χ2n) is 5.09. The minimum atomic E-state index is -0.0739. The van der Waals surface area contributed by atoms with Crippen LogP contribution in [0.1, 0.15) is 30.6 Å². The van der Waals surface area contributed by atoms with E-state index in [1.165, 1.54) is 0 Å². The molecule has 0 radical (unpaired) electrons. The van der Waals surface area contributed by atoms with Gasteiger partial charge in [-0.15, -0.1) is 22.7 Å². The van der Waals surface area contributed by atoms with Crippen molar-refractivity contribution in [1.82, 2.24) is 0 Å². The van der Waals surface area contributed by atoms with Crippen LogP contribution in [0.3, 0.4) is 0 Å². The standard InChI is InChI=1S/C19H15NOS2/c1-13-11-18(14(2)23-13)19(21)20-16-6-3-5-15(12-16)8-9-17-7-4-10-22-17/h3-7,10-12H,1-2H3,(H,20,21). The molecule has 0 aliphatic carbocycles. The van der Waals surface area contributed by atoms with Crippen molar-refractivity contribution in [1.29, 1.82) is 0 Å². The molecule has 1 amide bonds. The van der Waals surface area contributed by atoms with Crippen molar-refractivity contribution in [3.8, 4) is 11.8 Å². The van der Waals surface area contributed by atoms with E-state index in [0.717, 1.165) is 31.4 Å². The zero-order chi connectivity index (χ0) is 16.2. The molecule has 0 bridgehead atoms. The van der Waals surface area contributed by atoms with E-state index in [-0.39, 0.29) is 5.91 Å². The third kappa shape index (κ3) is 3.89. The first-order valence-corrected chi connectivity index (χ1v) is 8.85. The Morgan fingerprint density at radius 1 is 1.09 bits per heavy atom. The second kappa shape index (κ2) is 6.82. The first-order valence-electron chi connectivity index (χ1n) is 7.16. The van der Waals surface area contributed by atoms with Gasteiger partial charge in [-0.1, -0.05) is 24.0 Å². The van der Waals surface area contributed by atoms with Crippen molar-refractivity contribution in [2.75, 3.05) is 5.32 Å². The molecule has 0 unspecified atom stereocenters. The van der Waals surface area contributed by atoms with E-state index in [9.17, 15) is 4.79 Å². The summed E-state index contributed by atoms with van der Waals surface area (Å²) in [5.41, 5.74) is 2.38. The zero-order valence-electron chi connectivity index (χ0n) is 12.8. The molecule has 3 rings (SSSR count). The predicted molar refractivity (Wildman–Crippen MR) is 98.5 cm³/mol. The van der Waals surface area contributed by atoms with Gasteiger partial charge in [-0.25, -0.2) is 0 Å². The summed E-state index contributed by atoms with van der Waals surface area (Å²) in [5, 5.41) is 4.95. The van der Waals surface area contributed by atoms with Gasteiger partial charge in [0.1, 0.15) is 0 Å². The molecular weight excluding hydrogens is 322 g/mol. The van der Waals surface area contributed by atoms with Crippen LogP contribution in [0.4, 0.5) is 5.69 Å². The lowest BCUT2D eigenvalue weighted by Crippen LogP contribution is -2.12. The van der Waals surface area contributed by atoms with Crippen molar-refractivity contribution in [2.24, 2.45) is 0 Å². The van der Waals surface area contributed by atoms with Crippen LogP contribution in [0.5, 0.6) is 0 Å². The number of carbonyl (C=O) groups excluding carboxylic acids is 1. The smallest absolute Gasteiger partial charge is 0.256 e. The average molecular weight is 337 g/mol. The third-order valence-electron chi connectivity index (χ3n) is 3.26. The Kier molecular flexibility index (Phi) is 4.61. The molecule has 2 heterocycles. The van der Waals surface area contributed by atoms with E-state index in [1.807, 2.05) is 61.7 Å². The van der Waals surface area contributed by atoms with Crippen LogP contribution in [-0.2, 0) is 0 Å². The Hall–Kier alpha value is -2.35. The van der Waals surface area contributed by atoms with Gasteiger partial charge in [-0.3, -0.25) is 4.79 Å². The fourth-order valence-corrected chi connectivity index (χ4v) is 3.70. The largest absolute Gasteiger partial charge is 0.322 e. The van der Waals surface area contributed by atoms with Gasteiger partial charge in [0.15, 0.2) is 0 Å². The van der Waals surface area contributed by atoms with E-state index in [0.29, 0.717) is 0 Å². The van der Waals surface area contributed by atoms with Crippen LogP contribution in [0, 0.1) is 25.7 Å². The topological polar surface area (TPSA) is 29.1 Å². The minimum absolute atomic E-state index is 0.0739. The summed E-state index contributed by atoms with van der Waals surface area (Å²) in [5.74, 6) is 6.18. The fraction of sp³-hybridized carbons (Fsp3) is 0.105. The zero-order valence-corrected chi connectivity index (χ0v) is 14.5. The Balaban J connectivity index is 1.77. The number of thiophene rings is 2. The molecule has 0 saturated carbocycles. The number of rotatable bonds is 2. The van der Waals surface area contributed by atoms with E-state index in [1.54, 1.807) is 22.7 Å². The molecule has 2 aromatic heterocycles. The van der Waals surface area contributed by atoms with E-state index < -0.39 is 0 Å². The Bertz CT molecular complexity index is 895. The highest BCUT2D eigenvalue weighted by Gasteiger charge is 2.12. The van der Waals surface area contributed by atoms with Crippen LogP contribution in [-0.4, -0.2) is 5.91 Å². The second-order valence-corrected chi connectivity index (χ2v) is 7.50. The van der Waals surface area contributed by atoms with Crippen LogP contribution in [0.2, 0.25) is 0 Å². The number of hydrogen-bond donors (Lipinski definition) is 1. The van der Waals surface area contributed by atoms with Crippen molar-refractivity contribution < 1.29 is 4.79 Å². The number of benzene rings is 1. The van der Waals surface area contributed by atoms with Crippen molar-refractivity contribution in [2.45, 2.75) is 13.8 Å². The van der Waals surface area contributed by atoms with Gasteiger partial charge in [-0.05, 0) is 49.6 Å². The summed E-state index contributed by atoms with van der Waals surface area (Å²) < 4.78 is 0. The van der Waals surface area contributed by atoms with Gasteiger partial charge < -0.3 is 5.32 Å². The number of amides is 1. The van der Waals surface area contributed by atoms with Gasteiger partial charge in [0.05, 0.1) is 10.4 Å². The summed E-state index contributed by atoms with van der Waals surface area (Å²) in [7, 11) is 0. The van der Waals surface area contributed by atoms with Crippen LogP contribution >= 0.6 is 22.7 Å². The van der Waals surface area contributed by atoms with Gasteiger partial charge in [0, 0.05) is 21.0 Å². The molecule has 4 heteroatoms. The summed E-state index contributed by atoms with van der Waals surface area (Å²) in [4.78, 5) is 15.6. The number of anilines is 1. The van der Waals surface area contributed by atoms with Crippen LogP contribution in [0.25, 0.3) is 0 Å². The Morgan fingerprint density at radius 2 is 1.96 bits per heavy atom. The Morgan fingerprint density at radius 3 is 2.65 bits per heavy atom. The van der Waals surface area contributed by atoms with E-state index in [2.05, 4.69) is 17.2 Å². The van der Waals surface area contributed by atoms with Crippen LogP contribution in [0.15, 0.2) is 47.8 Å². The Labute approximate surface area is 143 Å². The first-order chi connectivity index (χ1) is 11.1. The summed E-state index contributed by atoms with van der Waals surface area (Å²) in [6.45, 7) is 3.98. The molecule has 114 valence electrons. The van der Waals surface area contributed by atoms with Crippen LogP contribution < -0.4 is 5.32 Å². The maximum absolute atomic E-state index is 12.4. The number of carbonyl (C=O) groups is 1. The quantitative estimate of drug-likeness (QED) is 0.649. The molecule has 0 aliphatic rings. The van der Waals surface area contributed by atoms with Gasteiger partial charge in [-0.2, -0.15) is 0 Å². The molecule has 0 aliphatic heterocycles. The molecule has 2 nitrogen and oxygen atoms in total. The monoisotopic (exact) mass is 337 g/mol. The van der Waals surface area contributed by atoms with E-state index >= 15 is 0 Å². The van der Waals surface area contributed by atoms with Crippen molar-refractivity contribution in [3.05, 3.63) is 73.6 Å². The maximum Gasteiger partial charge on any atom is 0.256 e. The molecule has 0 atom stereocenters. The normalized spacial score (nSPS) is 10.0. The van der Waals surface area contributed by atoms with Crippen molar-refractivity contribution in [3.63, 3.8) is 0 Å². The molecule has 1 aromatic carbocycles. The third-order valence-corrected chi connectivity index (χ3v) is 5.01. The molecule has 0 spiro atoms. The van der Waals surface area contributed by atoms with Gasteiger partial charge in [0.2, 0.25) is 0 Å². The molecule has 1 N–H and O–H groups in total. The molecular formula is C19H15NOS2. The lowest BCUT2D eigenvalue weighted by atomic mass is 10.2. The van der Waals surface area contributed by atoms with Gasteiger partial charge >= 0.3 is 0 Å². The molecule has 23 heavy (non-hydrogen) atoms. The number of hydrogen-bond acceptors (Lipinski definition) is 3. The highest BCUT2D eigenvalue weighted by Crippen LogP contribution is 2.22. The first kappa shape index (κ1) is 15.5. The van der Waals surface area contributed by atoms with E-state index in [4.69, 9.17) is 0 Å². The highest BCUT2D eigenvalue weighted by atomic mass is 32.1. The SMILES string of the molecule is Cc1cc(C(=O)Nc2cccc(C#Cc3cccs3)c2)c(C)s1. The summed E-state index contributed by atoms with van der Waals surface area (Å²) in [6, 6.07) is 13.5. The number of nitrogens with one attached hydrogen (secondary N) is 1. The lowest BCUT2D eigenvalue weighted by Gasteiger charge is -2.05. The predicted octanol–water partition coefficient (Wildman–Crippen LogP) is 5.08. The summed E-state index contributed by atoms with van der Waals surface area (Å²) >= 11 is 3.25. The molecule has 3 aromatic rings. The number of aryl methyl sites for hydroxylation is 2. The van der Waals surface area contributed by atoms with Crippen molar-refractivity contribution >= 4 is 34.3 Å². The molecule has 0 saturated heterocycles. The minimum Gasteiger partial charge on any atom is -0.322 e. The summed E-state index contributed by atoms with van der Waals surface area (Å²) in [6.07, 6.45) is 0. The fourth-order valence-electron chi connectivity index (χ4n) is 2.21. The average Bonchev–Trinajstić information content (AvgIpc) is 3.15. The molecule has 0 fully saturated rings. The van der Waals surface area contributed by atoms with Gasteiger partial charge in [0.25, 0.3) is 5.91 Å². The maximum atomic E-state index is 12.4.